The molecule has 0 heterocycles. The minimum absolute atomic E-state index is 0.301. The lowest BCUT2D eigenvalue weighted by Gasteiger charge is -2.23. The third-order valence-corrected chi connectivity index (χ3v) is 4.96. The number of carbonyl (C=O) groups excluding carboxylic acids is 2. The van der Waals surface area contributed by atoms with Crippen molar-refractivity contribution < 1.29 is 14.3 Å². The quantitative estimate of drug-likeness (QED) is 0.513. The van der Waals surface area contributed by atoms with Gasteiger partial charge in [0.2, 0.25) is 11.8 Å². The number of methoxy groups -OCH3 is 1. The molecule has 3 rings (SSSR count). The number of anilines is 3. The van der Waals surface area contributed by atoms with E-state index in [4.69, 9.17) is 4.74 Å². The van der Waals surface area contributed by atoms with Crippen molar-refractivity contribution >= 4 is 35.0 Å². The summed E-state index contributed by atoms with van der Waals surface area (Å²) >= 11 is 0. The van der Waals surface area contributed by atoms with Crippen molar-refractivity contribution in [2.45, 2.75) is 13.0 Å². The van der Waals surface area contributed by atoms with Crippen molar-refractivity contribution in [2.24, 2.45) is 0 Å². The normalized spacial score (nSPS) is 11.6. The molecule has 0 bridgehead atoms. The molecule has 3 aromatic rings. The van der Waals surface area contributed by atoms with Gasteiger partial charge in [-0.1, -0.05) is 42.5 Å². The van der Waals surface area contributed by atoms with E-state index in [0.717, 1.165) is 22.7 Å². The predicted octanol–water partition coefficient (Wildman–Crippen LogP) is 4.62. The molecule has 2 amide bonds. The van der Waals surface area contributed by atoms with Gasteiger partial charge in [0.25, 0.3) is 0 Å². The Balaban J connectivity index is 1.62. The molecule has 32 heavy (non-hydrogen) atoms. The molecule has 0 aliphatic heterocycles. The third kappa shape index (κ3) is 5.98. The van der Waals surface area contributed by atoms with Crippen molar-refractivity contribution in [3.05, 3.63) is 90.5 Å². The van der Waals surface area contributed by atoms with Gasteiger partial charge in [0.05, 0.1) is 18.5 Å². The van der Waals surface area contributed by atoms with Crippen LogP contribution >= 0.6 is 0 Å². The van der Waals surface area contributed by atoms with E-state index in [9.17, 15) is 9.59 Å². The maximum absolute atomic E-state index is 12.7. The Hall–Kier alpha value is -4.06. The predicted molar refractivity (Wildman–Crippen MR) is 129 cm³/mol. The highest BCUT2D eigenvalue weighted by molar-refractivity contribution is 6.01. The van der Waals surface area contributed by atoms with Crippen LogP contribution in [-0.2, 0) is 9.59 Å². The van der Waals surface area contributed by atoms with E-state index in [-0.39, 0.29) is 11.8 Å². The number of carbonyl (C=O) groups is 2. The summed E-state index contributed by atoms with van der Waals surface area (Å²) in [5.74, 6) is 0.0957. The Morgan fingerprint density at radius 1 is 0.938 bits per heavy atom. The van der Waals surface area contributed by atoms with Crippen molar-refractivity contribution in [1.29, 1.82) is 0 Å². The van der Waals surface area contributed by atoms with Crippen LogP contribution in [0.5, 0.6) is 5.75 Å². The van der Waals surface area contributed by atoms with Gasteiger partial charge in [-0.2, -0.15) is 0 Å². The van der Waals surface area contributed by atoms with Crippen LogP contribution in [0, 0.1) is 0 Å². The second-order valence-corrected chi connectivity index (χ2v) is 7.24. The van der Waals surface area contributed by atoms with Gasteiger partial charge in [-0.3, -0.25) is 9.59 Å². The second kappa shape index (κ2) is 10.8. The fourth-order valence-corrected chi connectivity index (χ4v) is 3.12. The number of amides is 2. The van der Waals surface area contributed by atoms with Gasteiger partial charge in [0.15, 0.2) is 0 Å². The fourth-order valence-electron chi connectivity index (χ4n) is 3.12. The number of nitrogens with one attached hydrogen (secondary N) is 2. The van der Waals surface area contributed by atoms with Crippen molar-refractivity contribution in [3.63, 3.8) is 0 Å². The number of rotatable bonds is 8. The summed E-state index contributed by atoms with van der Waals surface area (Å²) in [5.41, 5.74) is 3.37. The molecule has 2 N–H and O–H groups in total. The average molecular weight is 430 g/mol. The molecule has 0 aliphatic rings. The summed E-state index contributed by atoms with van der Waals surface area (Å²) < 4.78 is 5.12. The zero-order valence-corrected chi connectivity index (χ0v) is 18.4. The fraction of sp³-hybridized carbons (Fsp3) is 0.154. The molecule has 0 saturated carbocycles. The first-order valence-electron chi connectivity index (χ1n) is 10.3. The maximum atomic E-state index is 12.7. The smallest absolute Gasteiger partial charge is 0.246 e. The van der Waals surface area contributed by atoms with E-state index >= 15 is 0 Å². The summed E-state index contributed by atoms with van der Waals surface area (Å²) in [5, 5.41) is 5.62. The van der Waals surface area contributed by atoms with Gasteiger partial charge in [0.1, 0.15) is 11.8 Å². The van der Waals surface area contributed by atoms with Gasteiger partial charge < -0.3 is 20.3 Å². The van der Waals surface area contributed by atoms with Crippen LogP contribution in [0.2, 0.25) is 0 Å². The zero-order chi connectivity index (χ0) is 22.9. The van der Waals surface area contributed by atoms with Crippen molar-refractivity contribution in [3.8, 4) is 5.75 Å². The van der Waals surface area contributed by atoms with Gasteiger partial charge in [-0.05, 0) is 55.0 Å². The van der Waals surface area contributed by atoms with E-state index in [1.54, 1.807) is 20.1 Å². The van der Waals surface area contributed by atoms with Gasteiger partial charge in [-0.25, -0.2) is 0 Å². The lowest BCUT2D eigenvalue weighted by Crippen LogP contribution is -2.41. The molecule has 3 aromatic carbocycles. The van der Waals surface area contributed by atoms with Crippen LogP contribution in [0.1, 0.15) is 12.5 Å². The third-order valence-electron chi connectivity index (χ3n) is 4.96. The number of hydrogen-bond donors (Lipinski definition) is 2. The number of benzene rings is 3. The molecule has 0 radical (unpaired) electrons. The van der Waals surface area contributed by atoms with E-state index in [1.165, 1.54) is 6.08 Å². The number of nitrogens with zero attached hydrogens (tertiary/aromatic N) is 1. The van der Waals surface area contributed by atoms with Crippen LogP contribution in [0.4, 0.5) is 17.1 Å². The Labute approximate surface area is 188 Å². The van der Waals surface area contributed by atoms with Crippen LogP contribution in [0.3, 0.4) is 0 Å². The molecule has 0 fully saturated rings. The van der Waals surface area contributed by atoms with Gasteiger partial charge >= 0.3 is 0 Å². The lowest BCUT2D eigenvalue weighted by molar-refractivity contribution is -0.123. The summed E-state index contributed by atoms with van der Waals surface area (Å²) in [6.07, 6.45) is 3.09. The first-order valence-corrected chi connectivity index (χ1v) is 10.3. The maximum Gasteiger partial charge on any atom is 0.246 e. The first-order chi connectivity index (χ1) is 15.5. The number of para-hydroxylation sites is 3. The monoisotopic (exact) mass is 429 g/mol. The Morgan fingerprint density at radius 3 is 2.28 bits per heavy atom. The second-order valence-electron chi connectivity index (χ2n) is 7.24. The summed E-state index contributed by atoms with van der Waals surface area (Å²) in [7, 11) is 3.54. The number of ether oxygens (including phenoxy) is 1. The topological polar surface area (TPSA) is 70.7 Å². The summed E-state index contributed by atoms with van der Waals surface area (Å²) in [6, 6.07) is 24.0. The minimum Gasteiger partial charge on any atom is -0.497 e. The SMILES string of the molecule is COc1ccc(C=CC(=O)NC(C)C(=O)Nc2ccccc2N(C)c2ccccc2)cc1. The molecule has 0 spiro atoms. The Kier molecular flexibility index (Phi) is 7.65. The molecule has 1 unspecified atom stereocenters. The molecule has 0 saturated heterocycles. The molecule has 164 valence electrons. The highest BCUT2D eigenvalue weighted by atomic mass is 16.5. The summed E-state index contributed by atoms with van der Waals surface area (Å²) in [4.78, 5) is 27.0. The van der Waals surface area contributed by atoms with E-state index in [2.05, 4.69) is 10.6 Å². The molecule has 6 nitrogen and oxygen atoms in total. The Bertz CT molecular complexity index is 1080. The van der Waals surface area contributed by atoms with Crippen LogP contribution in [0.15, 0.2) is 84.9 Å². The standard InChI is InChI=1S/C26H27N3O3/c1-19(27-25(30)18-15-20-13-16-22(32-3)17-14-20)26(31)28-23-11-7-8-12-24(23)29(2)21-9-5-4-6-10-21/h4-19H,1-3H3,(H,27,30)(H,28,31). The van der Waals surface area contributed by atoms with Crippen LogP contribution in [0.25, 0.3) is 6.08 Å². The van der Waals surface area contributed by atoms with Crippen LogP contribution in [-0.4, -0.2) is 32.0 Å². The molecular formula is C26H27N3O3. The largest absolute Gasteiger partial charge is 0.497 e. The minimum atomic E-state index is -0.710. The van der Waals surface area contributed by atoms with Crippen molar-refractivity contribution in [2.75, 3.05) is 24.4 Å². The lowest BCUT2D eigenvalue weighted by atomic mass is 10.2. The van der Waals surface area contributed by atoms with E-state index in [0.29, 0.717) is 5.69 Å². The highest BCUT2D eigenvalue weighted by Crippen LogP contribution is 2.30. The molecule has 0 aromatic heterocycles. The van der Waals surface area contributed by atoms with Gasteiger partial charge in [0, 0.05) is 18.8 Å². The zero-order valence-electron chi connectivity index (χ0n) is 18.4. The molecule has 0 aliphatic carbocycles. The van der Waals surface area contributed by atoms with Crippen LogP contribution < -0.4 is 20.3 Å². The first kappa shape index (κ1) is 22.6. The van der Waals surface area contributed by atoms with Crippen molar-refractivity contribution in [1.82, 2.24) is 5.32 Å². The average Bonchev–Trinajstić information content (AvgIpc) is 2.83. The van der Waals surface area contributed by atoms with E-state index < -0.39 is 6.04 Å². The molecule has 1 atom stereocenters. The van der Waals surface area contributed by atoms with E-state index in [1.807, 2.05) is 90.8 Å². The Morgan fingerprint density at radius 2 is 1.59 bits per heavy atom. The van der Waals surface area contributed by atoms with Gasteiger partial charge in [-0.15, -0.1) is 0 Å². The summed E-state index contributed by atoms with van der Waals surface area (Å²) in [6.45, 7) is 1.65. The molecule has 6 heteroatoms. The molecular weight excluding hydrogens is 402 g/mol. The highest BCUT2D eigenvalue weighted by Gasteiger charge is 2.17. The number of hydrogen-bond acceptors (Lipinski definition) is 4.